The molecule has 1 aliphatic carbocycles. The third-order valence-corrected chi connectivity index (χ3v) is 5.97. The summed E-state index contributed by atoms with van der Waals surface area (Å²) in [7, 11) is 0. The van der Waals surface area contributed by atoms with Crippen LogP contribution < -0.4 is 0 Å². The van der Waals surface area contributed by atoms with E-state index in [2.05, 4.69) is 37.8 Å². The molecule has 0 spiro atoms. The molecular weight excluding hydrogens is 375 g/mol. The number of fused-ring (bicyclic) bond motifs is 1. The van der Waals surface area contributed by atoms with Crippen LogP contribution >= 0.6 is 0 Å². The van der Waals surface area contributed by atoms with Crippen LogP contribution in [0.15, 0.2) is 66.7 Å². The zero-order chi connectivity index (χ0) is 21.3. The van der Waals surface area contributed by atoms with Gasteiger partial charge in [0.05, 0.1) is 5.56 Å². The van der Waals surface area contributed by atoms with Crippen molar-refractivity contribution in [1.82, 2.24) is 0 Å². The normalized spacial score (nSPS) is 16.8. The highest BCUT2D eigenvalue weighted by molar-refractivity contribution is 5.87. The average Bonchev–Trinajstić information content (AvgIpc) is 2.73. The van der Waals surface area contributed by atoms with Crippen LogP contribution in [-0.2, 0) is 5.41 Å². The number of hydrogen-bond donors (Lipinski definition) is 1. The predicted molar refractivity (Wildman–Crippen MR) is 116 cm³/mol. The highest BCUT2D eigenvalue weighted by Crippen LogP contribution is 2.45. The molecule has 150 valence electrons. The van der Waals surface area contributed by atoms with Crippen LogP contribution in [-0.4, -0.2) is 11.1 Å². The van der Waals surface area contributed by atoms with Gasteiger partial charge in [-0.05, 0) is 83.5 Å². The third kappa shape index (κ3) is 4.00. The first-order valence-electron chi connectivity index (χ1n) is 10.1. The van der Waals surface area contributed by atoms with Crippen LogP contribution in [0, 0.1) is 17.7 Å². The van der Waals surface area contributed by atoms with Gasteiger partial charge in [-0.15, -0.1) is 0 Å². The van der Waals surface area contributed by atoms with Gasteiger partial charge in [-0.2, -0.15) is 0 Å². The molecule has 0 bridgehead atoms. The molecule has 0 radical (unpaired) electrons. The SMILES string of the molecule is CC1(C)CCC(c2ccc(F)cc2)c2cc(C#Cc3ccc(C(=O)O)cc3)ccc21. The lowest BCUT2D eigenvalue weighted by atomic mass is 9.67. The molecule has 0 heterocycles. The molecule has 3 aromatic rings. The van der Waals surface area contributed by atoms with E-state index in [0.29, 0.717) is 0 Å². The second-order valence-corrected chi connectivity index (χ2v) is 8.46. The molecule has 3 aromatic carbocycles. The zero-order valence-corrected chi connectivity index (χ0v) is 17.1. The molecule has 1 aliphatic rings. The number of rotatable bonds is 2. The van der Waals surface area contributed by atoms with Gasteiger partial charge in [0.2, 0.25) is 0 Å². The van der Waals surface area contributed by atoms with Crippen molar-refractivity contribution in [1.29, 1.82) is 0 Å². The summed E-state index contributed by atoms with van der Waals surface area (Å²) in [4.78, 5) is 11.0. The molecule has 0 aromatic heterocycles. The number of benzene rings is 3. The van der Waals surface area contributed by atoms with Gasteiger partial charge in [0, 0.05) is 17.0 Å². The summed E-state index contributed by atoms with van der Waals surface area (Å²) < 4.78 is 13.4. The summed E-state index contributed by atoms with van der Waals surface area (Å²) in [5, 5.41) is 9.02. The van der Waals surface area contributed by atoms with Crippen LogP contribution in [0.2, 0.25) is 0 Å². The van der Waals surface area contributed by atoms with Crippen molar-refractivity contribution in [2.45, 2.75) is 38.0 Å². The molecule has 0 saturated heterocycles. The number of halogens is 1. The molecule has 1 unspecified atom stereocenters. The maximum absolute atomic E-state index is 13.4. The van der Waals surface area contributed by atoms with Crippen molar-refractivity contribution in [3.63, 3.8) is 0 Å². The van der Waals surface area contributed by atoms with Gasteiger partial charge in [-0.25, -0.2) is 9.18 Å². The smallest absolute Gasteiger partial charge is 0.335 e. The lowest BCUT2D eigenvalue weighted by molar-refractivity contribution is 0.0697. The van der Waals surface area contributed by atoms with Gasteiger partial charge in [0.1, 0.15) is 5.82 Å². The minimum Gasteiger partial charge on any atom is -0.478 e. The number of hydrogen-bond acceptors (Lipinski definition) is 1. The Labute approximate surface area is 176 Å². The Hall–Kier alpha value is -3.38. The van der Waals surface area contributed by atoms with Crippen LogP contribution in [0.5, 0.6) is 0 Å². The van der Waals surface area contributed by atoms with Gasteiger partial charge in [-0.3, -0.25) is 0 Å². The molecule has 0 saturated carbocycles. The van der Waals surface area contributed by atoms with Crippen molar-refractivity contribution >= 4 is 5.97 Å². The number of carboxylic acid groups (broad SMARTS) is 1. The van der Waals surface area contributed by atoms with Gasteiger partial charge in [0.25, 0.3) is 0 Å². The fourth-order valence-corrected chi connectivity index (χ4v) is 4.22. The van der Waals surface area contributed by atoms with Crippen molar-refractivity contribution in [3.8, 4) is 11.8 Å². The largest absolute Gasteiger partial charge is 0.478 e. The van der Waals surface area contributed by atoms with Crippen LogP contribution in [0.1, 0.15) is 70.8 Å². The van der Waals surface area contributed by atoms with Gasteiger partial charge in [0.15, 0.2) is 0 Å². The maximum Gasteiger partial charge on any atom is 0.335 e. The van der Waals surface area contributed by atoms with Crippen molar-refractivity contribution in [3.05, 3.63) is 106 Å². The summed E-state index contributed by atoms with van der Waals surface area (Å²) in [5.74, 6) is 5.40. The maximum atomic E-state index is 13.4. The second kappa shape index (κ2) is 7.80. The minimum absolute atomic E-state index is 0.0878. The average molecular weight is 398 g/mol. The van der Waals surface area contributed by atoms with Gasteiger partial charge >= 0.3 is 5.97 Å². The summed E-state index contributed by atoms with van der Waals surface area (Å²) in [5.41, 5.74) is 5.73. The topological polar surface area (TPSA) is 37.3 Å². The van der Waals surface area contributed by atoms with E-state index in [-0.39, 0.29) is 22.7 Å². The number of aromatic carboxylic acids is 1. The summed E-state index contributed by atoms with van der Waals surface area (Å²) in [6, 6.07) is 19.8. The Morgan fingerprint density at radius 3 is 2.27 bits per heavy atom. The van der Waals surface area contributed by atoms with E-state index in [0.717, 1.165) is 29.5 Å². The van der Waals surface area contributed by atoms with E-state index in [1.54, 1.807) is 24.3 Å². The Kier molecular flexibility index (Phi) is 5.18. The molecule has 0 aliphatic heterocycles. The molecule has 0 fully saturated rings. The lowest BCUT2D eigenvalue weighted by Crippen LogP contribution is -2.26. The molecule has 0 amide bonds. The molecule has 30 heavy (non-hydrogen) atoms. The first kappa shape index (κ1) is 19.9. The Morgan fingerprint density at radius 2 is 1.60 bits per heavy atom. The fraction of sp³-hybridized carbons (Fsp3) is 0.222. The Balaban J connectivity index is 1.70. The van der Waals surface area contributed by atoms with Gasteiger partial charge in [-0.1, -0.05) is 43.9 Å². The lowest BCUT2D eigenvalue weighted by Gasteiger charge is -2.37. The van der Waals surface area contributed by atoms with E-state index >= 15 is 0 Å². The fourth-order valence-electron chi connectivity index (χ4n) is 4.22. The molecule has 1 atom stereocenters. The highest BCUT2D eigenvalue weighted by Gasteiger charge is 2.33. The third-order valence-electron chi connectivity index (χ3n) is 5.97. The minimum atomic E-state index is -0.946. The molecular formula is C27H23FO2. The summed E-state index contributed by atoms with van der Waals surface area (Å²) in [6.45, 7) is 4.53. The monoisotopic (exact) mass is 398 g/mol. The van der Waals surface area contributed by atoms with Crippen LogP contribution in [0.4, 0.5) is 4.39 Å². The van der Waals surface area contributed by atoms with Crippen molar-refractivity contribution in [2.75, 3.05) is 0 Å². The quantitative estimate of drug-likeness (QED) is 0.528. The van der Waals surface area contributed by atoms with E-state index < -0.39 is 5.97 Å². The van der Waals surface area contributed by atoms with E-state index in [9.17, 15) is 9.18 Å². The van der Waals surface area contributed by atoms with E-state index in [1.165, 1.54) is 23.3 Å². The Bertz CT molecular complexity index is 1150. The molecule has 2 nitrogen and oxygen atoms in total. The summed E-state index contributed by atoms with van der Waals surface area (Å²) in [6.07, 6.45) is 2.09. The molecule has 4 rings (SSSR count). The number of carboxylic acids is 1. The van der Waals surface area contributed by atoms with Crippen LogP contribution in [0.25, 0.3) is 0 Å². The Morgan fingerprint density at radius 1 is 0.967 bits per heavy atom. The van der Waals surface area contributed by atoms with Crippen LogP contribution in [0.3, 0.4) is 0 Å². The standard InChI is InChI=1S/C27H23FO2/c1-27(2)16-15-23(20-10-12-22(28)13-11-20)24-17-19(7-14-25(24)27)4-3-18-5-8-21(9-6-18)26(29)30/h5-14,17,23H,15-16H2,1-2H3,(H,29,30). The highest BCUT2D eigenvalue weighted by atomic mass is 19.1. The van der Waals surface area contributed by atoms with E-state index in [4.69, 9.17) is 5.11 Å². The summed E-state index contributed by atoms with van der Waals surface area (Å²) >= 11 is 0. The molecule has 3 heteroatoms. The zero-order valence-electron chi connectivity index (χ0n) is 17.1. The van der Waals surface area contributed by atoms with Crippen molar-refractivity contribution in [2.24, 2.45) is 0 Å². The number of carbonyl (C=O) groups is 1. The van der Waals surface area contributed by atoms with Gasteiger partial charge < -0.3 is 5.11 Å². The predicted octanol–water partition coefficient (Wildman–Crippen LogP) is 6.13. The van der Waals surface area contributed by atoms with Crippen molar-refractivity contribution < 1.29 is 14.3 Å². The van der Waals surface area contributed by atoms with E-state index in [1.807, 2.05) is 18.2 Å². The first-order chi connectivity index (χ1) is 14.3. The molecule has 1 N–H and O–H groups in total. The second-order valence-electron chi connectivity index (χ2n) is 8.46. The first-order valence-corrected chi connectivity index (χ1v) is 10.1.